The molecule has 3 heterocycles. The molecule has 2 bridgehead atoms. The minimum atomic E-state index is -4.61. The summed E-state index contributed by atoms with van der Waals surface area (Å²) in [6.07, 6.45) is -3.96. The second kappa shape index (κ2) is 11.1. The molecule has 7 atom stereocenters. The number of nitrogens with zero attached hydrogens (tertiary/aromatic N) is 1. The van der Waals surface area contributed by atoms with Crippen molar-refractivity contribution in [1.82, 2.24) is 4.98 Å². The van der Waals surface area contributed by atoms with Gasteiger partial charge in [-0.25, -0.2) is 0 Å². The molecule has 2 aliphatic carbocycles. The van der Waals surface area contributed by atoms with Crippen LogP contribution in [0.15, 0.2) is 88.7 Å². The number of hydrogen-bond donors (Lipinski definition) is 2. The Morgan fingerprint density at radius 2 is 1.66 bits per heavy atom. The van der Waals surface area contributed by atoms with Crippen molar-refractivity contribution in [1.29, 1.82) is 0 Å². The Balaban J connectivity index is 1.07. The van der Waals surface area contributed by atoms with E-state index in [9.17, 15) is 32.3 Å². The predicted molar refractivity (Wildman–Crippen MR) is 169 cm³/mol. The number of aromatic nitrogens is 1. The number of thioether (sulfide) groups is 1. The van der Waals surface area contributed by atoms with Gasteiger partial charge in [0.1, 0.15) is 5.75 Å². The van der Waals surface area contributed by atoms with E-state index >= 15 is 0 Å². The van der Waals surface area contributed by atoms with Crippen LogP contribution in [0.1, 0.15) is 28.3 Å². The average molecular weight is 678 g/mol. The molecule has 8 rings (SSSR count). The summed E-state index contributed by atoms with van der Waals surface area (Å²) in [4.78, 5) is 57.2. The third-order valence-electron chi connectivity index (χ3n) is 9.82. The van der Waals surface area contributed by atoms with Crippen LogP contribution in [-0.2, 0) is 20.6 Å². The van der Waals surface area contributed by atoms with Crippen molar-refractivity contribution in [2.75, 3.05) is 16.8 Å². The number of rotatable bonds is 6. The molecule has 2 N–H and O–H groups in total. The average Bonchev–Trinajstić information content (AvgIpc) is 3.79. The van der Waals surface area contributed by atoms with E-state index in [0.29, 0.717) is 17.9 Å². The first-order valence-electron chi connectivity index (χ1n) is 15.1. The number of nitrogens with one attached hydrogen (secondary N) is 2. The van der Waals surface area contributed by atoms with Gasteiger partial charge in [-0.15, -0.1) is 11.8 Å². The maximum absolute atomic E-state index is 13.9. The molecule has 0 radical (unpaired) electrons. The molecule has 2 aliphatic heterocycles. The van der Waals surface area contributed by atoms with Crippen molar-refractivity contribution < 1.29 is 32.3 Å². The van der Waals surface area contributed by atoms with Crippen LogP contribution in [0.2, 0.25) is 0 Å². The summed E-state index contributed by atoms with van der Waals surface area (Å²) >= 11 is 2.67. The lowest BCUT2D eigenvalue weighted by Crippen LogP contribution is -2.42. The minimum absolute atomic E-state index is 0.0627. The Bertz CT molecular complexity index is 1960. The third-order valence-corrected chi connectivity index (χ3v) is 12.4. The first-order chi connectivity index (χ1) is 22.6. The molecule has 47 heavy (non-hydrogen) atoms. The lowest BCUT2D eigenvalue weighted by atomic mass is 9.68. The summed E-state index contributed by atoms with van der Waals surface area (Å²) in [6.45, 7) is -0.187. The van der Waals surface area contributed by atoms with Gasteiger partial charge in [0, 0.05) is 21.7 Å². The highest BCUT2D eigenvalue weighted by atomic mass is 32.2. The monoisotopic (exact) mass is 677 g/mol. The van der Waals surface area contributed by atoms with Gasteiger partial charge in [0.05, 0.1) is 28.1 Å². The molecular formula is C34H26F3N3O5S2. The fourth-order valence-electron chi connectivity index (χ4n) is 8.10. The van der Waals surface area contributed by atoms with E-state index in [2.05, 4.69) is 10.3 Å². The second-order valence-corrected chi connectivity index (χ2v) is 14.5. The fraction of sp³-hybridized carbons (Fsp3) is 0.294. The number of thiazole rings is 1. The molecule has 4 aromatic rings. The summed E-state index contributed by atoms with van der Waals surface area (Å²) < 4.78 is 46.2. The lowest BCUT2D eigenvalue weighted by molar-refractivity contribution is -0.137. The van der Waals surface area contributed by atoms with E-state index in [1.54, 1.807) is 24.3 Å². The van der Waals surface area contributed by atoms with Gasteiger partial charge in [-0.3, -0.25) is 24.1 Å². The number of hydrogen-bond acceptors (Lipinski definition) is 7. The van der Waals surface area contributed by atoms with Crippen LogP contribution in [-0.4, -0.2) is 34.6 Å². The molecule has 4 aliphatic rings. The number of halogens is 3. The van der Waals surface area contributed by atoms with Crippen molar-refractivity contribution in [3.8, 4) is 5.75 Å². The Morgan fingerprint density at radius 1 is 0.936 bits per heavy atom. The molecule has 2 saturated carbocycles. The number of carbonyl (C=O) groups is 3. The van der Waals surface area contributed by atoms with Crippen LogP contribution in [0.5, 0.6) is 5.75 Å². The zero-order valence-corrected chi connectivity index (χ0v) is 26.0. The van der Waals surface area contributed by atoms with Gasteiger partial charge in [0.15, 0.2) is 6.61 Å². The molecular weight excluding hydrogens is 652 g/mol. The third kappa shape index (κ3) is 4.98. The molecule has 8 nitrogen and oxygen atoms in total. The van der Waals surface area contributed by atoms with E-state index < -0.39 is 35.4 Å². The number of imide groups is 1. The molecule has 1 saturated heterocycles. The molecule has 13 heteroatoms. The predicted octanol–water partition coefficient (Wildman–Crippen LogP) is 6.15. The molecule has 6 unspecified atom stereocenters. The largest absolute Gasteiger partial charge is 0.484 e. The Labute approximate surface area is 274 Å². The number of H-pyrrole nitrogens is 1. The number of fused-ring (bicyclic) bond motifs is 9. The van der Waals surface area contributed by atoms with Crippen molar-refractivity contribution in [2.45, 2.75) is 28.8 Å². The van der Waals surface area contributed by atoms with Crippen molar-refractivity contribution >= 4 is 52.2 Å². The Kier molecular flexibility index (Phi) is 7.10. The van der Waals surface area contributed by atoms with Crippen molar-refractivity contribution in [3.63, 3.8) is 0 Å². The summed E-state index contributed by atoms with van der Waals surface area (Å²) in [6, 6.07) is 20.8. The fourth-order valence-corrected chi connectivity index (χ4v) is 11.0. The number of carbonyl (C=O) groups excluding carboxylic acids is 3. The first-order valence-corrected chi connectivity index (χ1v) is 16.8. The topological polar surface area (TPSA) is 109 Å². The van der Waals surface area contributed by atoms with Crippen LogP contribution in [0.3, 0.4) is 0 Å². The quantitative estimate of drug-likeness (QED) is 0.237. The highest BCUT2D eigenvalue weighted by Crippen LogP contribution is 2.68. The molecule has 3 aromatic carbocycles. The highest BCUT2D eigenvalue weighted by Gasteiger charge is 2.69. The van der Waals surface area contributed by atoms with Gasteiger partial charge in [-0.2, -0.15) is 13.2 Å². The second-order valence-electron chi connectivity index (χ2n) is 12.3. The van der Waals surface area contributed by atoms with E-state index in [1.165, 1.54) is 23.9 Å². The van der Waals surface area contributed by atoms with Gasteiger partial charge >= 0.3 is 11.0 Å². The zero-order valence-electron chi connectivity index (χ0n) is 24.4. The van der Waals surface area contributed by atoms with Gasteiger partial charge in [0.2, 0.25) is 11.8 Å². The van der Waals surface area contributed by atoms with E-state index in [1.807, 2.05) is 30.3 Å². The van der Waals surface area contributed by atoms with E-state index in [-0.39, 0.29) is 52.0 Å². The number of alkyl halides is 3. The van der Waals surface area contributed by atoms with Crippen LogP contribution < -0.4 is 19.8 Å². The normalized spacial score (nSPS) is 27.4. The van der Waals surface area contributed by atoms with Crippen LogP contribution in [0.4, 0.5) is 24.5 Å². The summed E-state index contributed by atoms with van der Waals surface area (Å²) in [7, 11) is 0. The summed E-state index contributed by atoms with van der Waals surface area (Å²) in [5.74, 6) is -2.67. The van der Waals surface area contributed by atoms with Gasteiger partial charge in [-0.05, 0) is 72.2 Å². The first kappa shape index (κ1) is 30.0. The molecule has 3 fully saturated rings. The number of ether oxygens (including phenoxy) is 1. The van der Waals surface area contributed by atoms with Crippen LogP contribution in [0.25, 0.3) is 0 Å². The molecule has 3 amide bonds. The van der Waals surface area contributed by atoms with Gasteiger partial charge in [-0.1, -0.05) is 47.7 Å². The maximum atomic E-state index is 13.9. The Hall–Kier alpha value is -4.36. The SMILES string of the molecule is O=C(COc1ccc([C@H]2c3sc(=O)[nH]c3SC3C4CC(C5C(=O)N(c6cccc(C(F)(F)F)c6)C(=O)C45)C32)cc1)Nc1ccccc1. The van der Waals surface area contributed by atoms with Crippen molar-refractivity contribution in [2.24, 2.45) is 29.6 Å². The smallest absolute Gasteiger partial charge is 0.416 e. The zero-order chi connectivity index (χ0) is 32.6. The number of aromatic amines is 1. The minimum Gasteiger partial charge on any atom is -0.484 e. The summed E-state index contributed by atoms with van der Waals surface area (Å²) in [5, 5.41) is 3.45. The maximum Gasteiger partial charge on any atom is 0.416 e. The van der Waals surface area contributed by atoms with Crippen molar-refractivity contribution in [3.05, 3.63) is 105 Å². The molecule has 0 spiro atoms. The Morgan fingerprint density at radius 3 is 2.38 bits per heavy atom. The van der Waals surface area contributed by atoms with Crippen LogP contribution >= 0.6 is 23.1 Å². The van der Waals surface area contributed by atoms with Gasteiger partial charge in [0.25, 0.3) is 5.91 Å². The number of para-hydroxylation sites is 1. The molecule has 1 aromatic heterocycles. The molecule has 240 valence electrons. The van der Waals surface area contributed by atoms with Crippen LogP contribution in [0, 0.1) is 29.6 Å². The summed E-state index contributed by atoms with van der Waals surface area (Å²) in [5.41, 5.74) is 0.592. The standard InChI is InChI=1S/C34H26F3N3O5S2/c35-34(36,37)17-5-4-8-19(13-17)40-31(42)26-21-14-22(27(26)32(40)43)28-25(21)24(29-30(46-28)39-33(44)47-29)16-9-11-20(12-10-16)45-15-23(41)38-18-6-2-1-3-7-18/h1-13,21-22,24-28H,14-15H2,(H,38,41)(H,39,44)/t21?,22?,24-,25?,26?,27?,28?/m1/s1. The highest BCUT2D eigenvalue weighted by molar-refractivity contribution is 8.00. The number of anilines is 2. The number of benzene rings is 3. The van der Waals surface area contributed by atoms with E-state index in [4.69, 9.17) is 4.74 Å². The lowest BCUT2D eigenvalue weighted by Gasteiger charge is -2.43. The van der Waals surface area contributed by atoms with Gasteiger partial charge < -0.3 is 15.0 Å². The number of amides is 3. The van der Waals surface area contributed by atoms with E-state index in [0.717, 1.165) is 43.8 Å².